The summed E-state index contributed by atoms with van der Waals surface area (Å²) in [4.78, 5) is 23.7. The van der Waals surface area contributed by atoms with Gasteiger partial charge in [-0.2, -0.15) is 5.26 Å². The normalized spacial score (nSPS) is 9.63. The lowest BCUT2D eigenvalue weighted by Gasteiger charge is -2.19. The van der Waals surface area contributed by atoms with E-state index in [0.29, 0.717) is 6.54 Å². The number of carbonyl (C=O) groups is 2. The first-order valence-electron chi connectivity index (χ1n) is 5.61. The molecular formula is C13H14N2O3S. The lowest BCUT2D eigenvalue weighted by Crippen LogP contribution is -2.32. The van der Waals surface area contributed by atoms with E-state index in [1.165, 1.54) is 4.90 Å². The summed E-state index contributed by atoms with van der Waals surface area (Å²) in [6, 6.07) is 11.3. The molecule has 0 fully saturated rings. The van der Waals surface area contributed by atoms with Crippen molar-refractivity contribution in [1.29, 1.82) is 5.26 Å². The molecule has 0 spiro atoms. The minimum Gasteiger partial charge on any atom is -0.481 e. The van der Waals surface area contributed by atoms with Gasteiger partial charge in [0.15, 0.2) is 0 Å². The molecule has 0 unspecified atom stereocenters. The van der Waals surface area contributed by atoms with E-state index < -0.39 is 5.97 Å². The molecule has 0 aromatic heterocycles. The van der Waals surface area contributed by atoms with Crippen LogP contribution in [0, 0.1) is 11.3 Å². The van der Waals surface area contributed by atoms with Crippen LogP contribution in [0.3, 0.4) is 0 Å². The number of thioether (sulfide) groups is 1. The number of hydrogen-bond acceptors (Lipinski definition) is 4. The third kappa shape index (κ3) is 5.93. The van der Waals surface area contributed by atoms with Crippen LogP contribution in [0.4, 0.5) is 0 Å². The molecule has 0 saturated heterocycles. The van der Waals surface area contributed by atoms with Gasteiger partial charge in [0.25, 0.3) is 0 Å². The largest absolute Gasteiger partial charge is 0.481 e. The summed E-state index contributed by atoms with van der Waals surface area (Å²) in [6.45, 7) is 0.363. The van der Waals surface area contributed by atoms with Gasteiger partial charge in [0.1, 0.15) is 6.54 Å². The second kappa shape index (κ2) is 8.16. The maximum Gasteiger partial charge on any atom is 0.313 e. The van der Waals surface area contributed by atoms with Crippen molar-refractivity contribution in [2.45, 2.75) is 6.54 Å². The SMILES string of the molecule is N#CCN(Cc1ccccc1)C(=O)CSCC(=O)O. The fraction of sp³-hybridized carbons (Fsp3) is 0.308. The molecule has 1 rings (SSSR count). The number of rotatable bonds is 7. The molecule has 0 radical (unpaired) electrons. The number of benzene rings is 1. The fourth-order valence-electron chi connectivity index (χ4n) is 1.44. The van der Waals surface area contributed by atoms with Crippen LogP contribution in [0.25, 0.3) is 0 Å². The Morgan fingerprint density at radius 2 is 1.95 bits per heavy atom. The van der Waals surface area contributed by atoms with Gasteiger partial charge in [-0.15, -0.1) is 11.8 Å². The van der Waals surface area contributed by atoms with Crippen molar-refractivity contribution in [3.05, 3.63) is 35.9 Å². The van der Waals surface area contributed by atoms with Crippen LogP contribution >= 0.6 is 11.8 Å². The zero-order chi connectivity index (χ0) is 14.1. The van der Waals surface area contributed by atoms with Gasteiger partial charge < -0.3 is 10.0 Å². The molecule has 1 aromatic carbocycles. The number of nitriles is 1. The van der Waals surface area contributed by atoms with E-state index in [0.717, 1.165) is 17.3 Å². The lowest BCUT2D eigenvalue weighted by atomic mass is 10.2. The van der Waals surface area contributed by atoms with Crippen LogP contribution in [0.5, 0.6) is 0 Å². The number of amides is 1. The predicted molar refractivity (Wildman–Crippen MR) is 72.4 cm³/mol. The molecule has 19 heavy (non-hydrogen) atoms. The second-order valence-electron chi connectivity index (χ2n) is 3.78. The minimum atomic E-state index is -0.951. The maximum atomic E-state index is 11.9. The first-order valence-corrected chi connectivity index (χ1v) is 6.77. The molecule has 0 saturated carbocycles. The molecule has 1 N–H and O–H groups in total. The molecule has 0 aliphatic rings. The number of nitrogens with zero attached hydrogens (tertiary/aromatic N) is 2. The van der Waals surface area contributed by atoms with Gasteiger partial charge in [0.05, 0.1) is 17.6 Å². The first kappa shape index (κ1) is 15.1. The fourth-order valence-corrected chi connectivity index (χ4v) is 2.07. The van der Waals surface area contributed by atoms with Crippen LogP contribution in [0.1, 0.15) is 5.56 Å². The van der Waals surface area contributed by atoms with E-state index in [-0.39, 0.29) is 24.0 Å². The minimum absolute atomic E-state index is 0.00135. The van der Waals surface area contributed by atoms with Gasteiger partial charge in [-0.3, -0.25) is 9.59 Å². The number of aliphatic carboxylic acids is 1. The molecular weight excluding hydrogens is 264 g/mol. The van der Waals surface area contributed by atoms with Crippen LogP contribution in [-0.2, 0) is 16.1 Å². The van der Waals surface area contributed by atoms with Crippen molar-refractivity contribution in [3.63, 3.8) is 0 Å². The van der Waals surface area contributed by atoms with Gasteiger partial charge >= 0.3 is 5.97 Å². The van der Waals surface area contributed by atoms with Crippen LogP contribution in [0.2, 0.25) is 0 Å². The third-order valence-corrected chi connectivity index (χ3v) is 3.18. The molecule has 0 bridgehead atoms. The predicted octanol–water partition coefficient (Wildman–Crippen LogP) is 1.36. The number of hydrogen-bond donors (Lipinski definition) is 1. The summed E-state index contributed by atoms with van der Waals surface area (Å²) in [7, 11) is 0. The van der Waals surface area contributed by atoms with Crippen LogP contribution in [-0.4, -0.2) is 39.9 Å². The number of carboxylic acid groups (broad SMARTS) is 1. The van der Waals surface area contributed by atoms with Crippen molar-refractivity contribution >= 4 is 23.6 Å². The van der Waals surface area contributed by atoms with E-state index in [1.807, 2.05) is 36.4 Å². The molecule has 100 valence electrons. The summed E-state index contributed by atoms with van der Waals surface area (Å²) in [6.07, 6.45) is 0. The summed E-state index contributed by atoms with van der Waals surface area (Å²) in [5, 5.41) is 17.2. The van der Waals surface area contributed by atoms with E-state index >= 15 is 0 Å². The quantitative estimate of drug-likeness (QED) is 0.761. The Bertz CT molecular complexity index is 471. The maximum absolute atomic E-state index is 11.9. The van der Waals surface area contributed by atoms with Gasteiger partial charge in [-0.25, -0.2) is 0 Å². The summed E-state index contributed by atoms with van der Waals surface area (Å²) in [5.74, 6) is -1.22. The standard InChI is InChI=1S/C13H14N2O3S/c14-6-7-15(8-11-4-2-1-3-5-11)12(16)9-19-10-13(17)18/h1-5H,7-10H2,(H,17,18). The van der Waals surface area contributed by atoms with E-state index in [1.54, 1.807) is 0 Å². The molecule has 6 heteroatoms. The molecule has 5 nitrogen and oxygen atoms in total. The Hall–Kier alpha value is -2.00. The van der Waals surface area contributed by atoms with E-state index in [2.05, 4.69) is 0 Å². The zero-order valence-corrected chi connectivity index (χ0v) is 11.1. The van der Waals surface area contributed by atoms with E-state index in [4.69, 9.17) is 10.4 Å². The van der Waals surface area contributed by atoms with Gasteiger partial charge in [-0.1, -0.05) is 30.3 Å². The van der Waals surface area contributed by atoms with Crippen molar-refractivity contribution in [1.82, 2.24) is 4.90 Å². The Morgan fingerprint density at radius 1 is 1.26 bits per heavy atom. The zero-order valence-electron chi connectivity index (χ0n) is 10.3. The highest BCUT2D eigenvalue weighted by Crippen LogP contribution is 2.08. The Balaban J connectivity index is 2.54. The number of carbonyl (C=O) groups excluding carboxylic acids is 1. The number of carboxylic acids is 1. The first-order chi connectivity index (χ1) is 9.13. The smallest absolute Gasteiger partial charge is 0.313 e. The monoisotopic (exact) mass is 278 g/mol. The summed E-state index contributed by atoms with van der Waals surface area (Å²) >= 11 is 1.03. The highest BCUT2D eigenvalue weighted by molar-refractivity contribution is 8.00. The molecule has 1 aromatic rings. The average Bonchev–Trinajstić information content (AvgIpc) is 2.39. The third-order valence-electron chi connectivity index (χ3n) is 2.28. The Morgan fingerprint density at radius 3 is 2.53 bits per heavy atom. The molecule has 1 amide bonds. The molecule has 0 atom stereocenters. The van der Waals surface area contributed by atoms with Crippen molar-refractivity contribution in [2.75, 3.05) is 18.1 Å². The van der Waals surface area contributed by atoms with Crippen molar-refractivity contribution < 1.29 is 14.7 Å². The second-order valence-corrected chi connectivity index (χ2v) is 4.77. The highest BCUT2D eigenvalue weighted by atomic mass is 32.2. The topological polar surface area (TPSA) is 81.4 Å². The molecule has 0 aliphatic heterocycles. The summed E-state index contributed by atoms with van der Waals surface area (Å²) in [5.41, 5.74) is 0.939. The Kier molecular flexibility index (Phi) is 6.47. The molecule has 0 heterocycles. The van der Waals surface area contributed by atoms with Crippen molar-refractivity contribution in [2.24, 2.45) is 0 Å². The molecule has 0 aliphatic carbocycles. The van der Waals surface area contributed by atoms with Gasteiger partial charge in [0.2, 0.25) is 5.91 Å². The van der Waals surface area contributed by atoms with Crippen molar-refractivity contribution in [3.8, 4) is 6.07 Å². The van der Waals surface area contributed by atoms with Crippen LogP contribution in [0.15, 0.2) is 30.3 Å². The lowest BCUT2D eigenvalue weighted by molar-refractivity contribution is -0.133. The van der Waals surface area contributed by atoms with Gasteiger partial charge in [-0.05, 0) is 5.56 Å². The average molecular weight is 278 g/mol. The highest BCUT2D eigenvalue weighted by Gasteiger charge is 2.14. The van der Waals surface area contributed by atoms with Gasteiger partial charge in [0, 0.05) is 6.54 Å². The Labute approximate surface area is 115 Å². The van der Waals surface area contributed by atoms with Crippen LogP contribution < -0.4 is 0 Å². The van der Waals surface area contributed by atoms with E-state index in [9.17, 15) is 9.59 Å². The summed E-state index contributed by atoms with van der Waals surface area (Å²) < 4.78 is 0.